The molecular formula is C4H4N4O4. The summed E-state index contributed by atoms with van der Waals surface area (Å²) in [6.45, 7) is 0. The lowest BCUT2D eigenvalue weighted by Crippen LogP contribution is -2.12. The Balaban J connectivity index is 3.41. The molecule has 1 aromatic rings. The van der Waals surface area contributed by atoms with Gasteiger partial charge in [-0.1, -0.05) is 0 Å². The minimum Gasteiger partial charge on any atom is -0.502 e. The maximum atomic E-state index is 10.6. The van der Waals surface area contributed by atoms with Crippen LogP contribution in [-0.4, -0.2) is 20.3 Å². The van der Waals surface area contributed by atoms with Crippen molar-refractivity contribution < 1.29 is 10.3 Å². The number of H-pyrrole nitrogens is 1. The fourth-order valence-electron chi connectivity index (χ4n) is 0.600. The first-order chi connectivity index (χ1) is 5.69. The Morgan fingerprint density at radius 2 is 2.25 bits per heavy atom. The maximum absolute atomic E-state index is 10.6. The molecule has 0 aliphatic heterocycles. The number of hydrogen-bond donors (Lipinski definition) is 4. The van der Waals surface area contributed by atoms with Crippen molar-refractivity contribution in [3.63, 3.8) is 0 Å². The molecule has 0 bridgehead atoms. The third-order valence-corrected chi connectivity index (χ3v) is 1.09. The number of nitrogens with one attached hydrogen (secondary N) is 2. The SMILES string of the molecule is O=Nc1nc(=O)[nH]c(NO)c1O. The van der Waals surface area contributed by atoms with Gasteiger partial charge in [0.25, 0.3) is 0 Å². The lowest BCUT2D eigenvalue weighted by Gasteiger charge is -2.00. The summed E-state index contributed by atoms with van der Waals surface area (Å²) in [6.07, 6.45) is 0. The molecule has 12 heavy (non-hydrogen) atoms. The highest BCUT2D eigenvalue weighted by Gasteiger charge is 2.10. The molecule has 1 heterocycles. The lowest BCUT2D eigenvalue weighted by molar-refractivity contribution is 0.376. The highest BCUT2D eigenvalue weighted by Crippen LogP contribution is 2.27. The van der Waals surface area contributed by atoms with Crippen LogP contribution in [0.25, 0.3) is 0 Å². The van der Waals surface area contributed by atoms with Gasteiger partial charge in [0, 0.05) is 0 Å². The van der Waals surface area contributed by atoms with E-state index in [0.29, 0.717) is 0 Å². The average Bonchev–Trinajstić information content (AvgIpc) is 2.08. The van der Waals surface area contributed by atoms with Crippen LogP contribution in [0, 0.1) is 4.91 Å². The van der Waals surface area contributed by atoms with Crippen LogP contribution < -0.4 is 11.2 Å². The van der Waals surface area contributed by atoms with Gasteiger partial charge in [-0.15, -0.1) is 4.91 Å². The van der Waals surface area contributed by atoms with Crippen molar-refractivity contribution in [2.45, 2.75) is 0 Å². The second-order valence-electron chi connectivity index (χ2n) is 1.79. The summed E-state index contributed by atoms with van der Waals surface area (Å²) >= 11 is 0. The zero-order valence-corrected chi connectivity index (χ0v) is 5.61. The summed E-state index contributed by atoms with van der Waals surface area (Å²) in [7, 11) is 0. The fourth-order valence-corrected chi connectivity index (χ4v) is 0.600. The summed E-state index contributed by atoms with van der Waals surface area (Å²) in [4.78, 5) is 25.4. The monoisotopic (exact) mass is 172 g/mol. The summed E-state index contributed by atoms with van der Waals surface area (Å²) in [6, 6.07) is 0. The smallest absolute Gasteiger partial charge is 0.348 e. The second-order valence-corrected chi connectivity index (χ2v) is 1.79. The molecule has 0 aromatic carbocycles. The zero-order valence-electron chi connectivity index (χ0n) is 5.61. The molecule has 0 atom stereocenters. The molecule has 0 radical (unpaired) electrons. The minimum absolute atomic E-state index is 0.426. The molecular weight excluding hydrogens is 168 g/mol. The van der Waals surface area contributed by atoms with Crippen LogP contribution in [0.5, 0.6) is 5.75 Å². The number of anilines is 1. The predicted molar refractivity (Wildman–Crippen MR) is 37.4 cm³/mol. The van der Waals surface area contributed by atoms with Gasteiger partial charge in [0.2, 0.25) is 11.6 Å². The zero-order chi connectivity index (χ0) is 9.14. The number of hydrogen-bond acceptors (Lipinski definition) is 7. The third-order valence-electron chi connectivity index (χ3n) is 1.09. The molecule has 64 valence electrons. The molecule has 8 nitrogen and oxygen atoms in total. The number of aromatic nitrogens is 2. The summed E-state index contributed by atoms with van der Waals surface area (Å²) in [5, 5.41) is 19.5. The van der Waals surface area contributed by atoms with Gasteiger partial charge in [0.15, 0.2) is 5.82 Å². The predicted octanol–water partition coefficient (Wildman–Crippen LogP) is -0.326. The standard InChI is InChI=1S/C4H4N4O4/c9-1-2(7-11)5-4(10)6-3(1)8-12/h9,11H,(H2,5,6,7,10). The summed E-state index contributed by atoms with van der Waals surface area (Å²) in [5.74, 6) is -1.83. The van der Waals surface area contributed by atoms with E-state index >= 15 is 0 Å². The van der Waals surface area contributed by atoms with E-state index in [9.17, 15) is 9.70 Å². The van der Waals surface area contributed by atoms with Crippen LogP contribution in [0.3, 0.4) is 0 Å². The van der Waals surface area contributed by atoms with Gasteiger partial charge < -0.3 is 5.11 Å². The van der Waals surface area contributed by atoms with Gasteiger partial charge >= 0.3 is 5.69 Å². The number of rotatable bonds is 2. The number of nitrogens with zero attached hydrogens (tertiary/aromatic N) is 2. The van der Waals surface area contributed by atoms with Crippen LogP contribution in [0.15, 0.2) is 9.97 Å². The van der Waals surface area contributed by atoms with Crippen LogP contribution in [-0.2, 0) is 0 Å². The van der Waals surface area contributed by atoms with Crippen molar-refractivity contribution >= 4 is 11.6 Å². The minimum atomic E-state index is -0.904. The van der Waals surface area contributed by atoms with Crippen molar-refractivity contribution in [2.24, 2.45) is 5.18 Å². The first-order valence-electron chi connectivity index (χ1n) is 2.75. The fraction of sp³-hybridized carbons (Fsp3) is 0. The molecule has 0 aliphatic rings. The molecule has 0 spiro atoms. The van der Waals surface area contributed by atoms with Crippen LogP contribution in [0.1, 0.15) is 0 Å². The Hall–Kier alpha value is -1.96. The normalized spacial score (nSPS) is 9.42. The molecule has 0 saturated heterocycles. The molecule has 8 heteroatoms. The van der Waals surface area contributed by atoms with Crippen LogP contribution in [0.4, 0.5) is 11.6 Å². The topological polar surface area (TPSA) is 128 Å². The molecule has 0 aliphatic carbocycles. The Bertz CT molecular complexity index is 359. The van der Waals surface area contributed by atoms with Crippen molar-refractivity contribution in [1.29, 1.82) is 0 Å². The molecule has 4 N–H and O–H groups in total. The van der Waals surface area contributed by atoms with Crippen molar-refractivity contribution in [3.8, 4) is 5.75 Å². The van der Waals surface area contributed by atoms with Gasteiger partial charge in [-0.25, -0.2) is 4.79 Å². The largest absolute Gasteiger partial charge is 0.502 e. The van der Waals surface area contributed by atoms with Gasteiger partial charge in [0.05, 0.1) is 0 Å². The quantitative estimate of drug-likeness (QED) is 0.357. The van der Waals surface area contributed by atoms with E-state index in [-0.39, 0.29) is 0 Å². The highest BCUT2D eigenvalue weighted by atomic mass is 16.5. The van der Waals surface area contributed by atoms with E-state index in [4.69, 9.17) is 10.3 Å². The van der Waals surface area contributed by atoms with Crippen molar-refractivity contribution in [2.75, 3.05) is 5.48 Å². The Morgan fingerprint density at radius 3 is 2.75 bits per heavy atom. The third kappa shape index (κ3) is 1.22. The molecule has 1 aromatic heterocycles. The number of aromatic hydroxyl groups is 1. The first-order valence-corrected chi connectivity index (χ1v) is 2.75. The molecule has 0 unspecified atom stereocenters. The van der Waals surface area contributed by atoms with E-state index in [2.05, 4.69) is 10.2 Å². The number of nitroso groups, excluding NO2 is 1. The van der Waals surface area contributed by atoms with E-state index in [1.807, 2.05) is 4.98 Å². The molecule has 1 rings (SSSR count). The van der Waals surface area contributed by atoms with Crippen LogP contribution in [0.2, 0.25) is 0 Å². The first kappa shape index (κ1) is 8.14. The van der Waals surface area contributed by atoms with Crippen LogP contribution >= 0.6 is 0 Å². The molecule has 0 fully saturated rings. The van der Waals surface area contributed by atoms with E-state index in [1.54, 1.807) is 0 Å². The lowest BCUT2D eigenvalue weighted by atomic mass is 10.5. The van der Waals surface area contributed by atoms with Crippen molar-refractivity contribution in [3.05, 3.63) is 15.4 Å². The Kier molecular flexibility index (Phi) is 2.01. The maximum Gasteiger partial charge on any atom is 0.348 e. The Labute approximate surface area is 64.8 Å². The Morgan fingerprint density at radius 1 is 1.58 bits per heavy atom. The van der Waals surface area contributed by atoms with Gasteiger partial charge in [-0.2, -0.15) is 4.98 Å². The van der Waals surface area contributed by atoms with E-state index in [0.717, 1.165) is 0 Å². The van der Waals surface area contributed by atoms with Gasteiger partial charge in [-0.05, 0) is 5.18 Å². The van der Waals surface area contributed by atoms with Gasteiger partial charge in [-0.3, -0.25) is 15.7 Å². The molecule has 0 amide bonds. The molecule has 0 saturated carbocycles. The summed E-state index contributed by atoms with van der Waals surface area (Å²) in [5.41, 5.74) is 0.563. The second kappa shape index (κ2) is 2.96. The van der Waals surface area contributed by atoms with E-state index in [1.165, 1.54) is 5.48 Å². The average molecular weight is 172 g/mol. The van der Waals surface area contributed by atoms with Crippen molar-refractivity contribution in [1.82, 2.24) is 9.97 Å². The number of aromatic amines is 1. The highest BCUT2D eigenvalue weighted by molar-refractivity contribution is 5.58. The van der Waals surface area contributed by atoms with E-state index < -0.39 is 23.1 Å². The summed E-state index contributed by atoms with van der Waals surface area (Å²) < 4.78 is 0. The van der Waals surface area contributed by atoms with Gasteiger partial charge in [0.1, 0.15) is 0 Å².